The minimum Gasteiger partial charge on any atom is -0.461 e. The van der Waals surface area contributed by atoms with Gasteiger partial charge in [0.05, 0.1) is 0 Å². The van der Waals surface area contributed by atoms with Gasteiger partial charge in [0.15, 0.2) is 0 Å². The maximum Gasteiger partial charge on any atom is 0.134 e. The molecule has 37 heavy (non-hydrogen) atoms. The topological polar surface area (TPSA) is 13.1 Å². The van der Waals surface area contributed by atoms with Crippen LogP contribution in [0.25, 0.3) is 39.3 Å². The van der Waals surface area contributed by atoms with Crippen LogP contribution in [0.4, 0.5) is 0 Å². The van der Waals surface area contributed by atoms with E-state index >= 15 is 0 Å². The third-order valence-corrected chi connectivity index (χ3v) is 10.0. The van der Waals surface area contributed by atoms with Crippen LogP contribution >= 0.6 is 23.5 Å². The molecule has 5 aromatic rings. The Morgan fingerprint density at radius 2 is 1.35 bits per heavy atom. The third kappa shape index (κ3) is 3.71. The second-order valence-electron chi connectivity index (χ2n) is 9.87. The lowest BCUT2D eigenvalue weighted by atomic mass is 9.81. The smallest absolute Gasteiger partial charge is 0.134 e. The van der Waals surface area contributed by atoms with E-state index in [1.807, 2.05) is 50.4 Å². The minimum atomic E-state index is -0.0551. The van der Waals surface area contributed by atoms with Crippen LogP contribution in [0.1, 0.15) is 50.1 Å². The van der Waals surface area contributed by atoms with Gasteiger partial charge in [-0.05, 0) is 82.8 Å². The van der Waals surface area contributed by atoms with Gasteiger partial charge in [-0.1, -0.05) is 94.2 Å². The van der Waals surface area contributed by atoms with Gasteiger partial charge >= 0.3 is 0 Å². The van der Waals surface area contributed by atoms with Crippen molar-refractivity contribution in [3.63, 3.8) is 0 Å². The van der Waals surface area contributed by atoms with Crippen LogP contribution in [-0.2, 0) is 5.41 Å². The van der Waals surface area contributed by atoms with Gasteiger partial charge in [-0.15, -0.1) is 0 Å². The average molecular weight is 519 g/mol. The quantitative estimate of drug-likeness (QED) is 0.226. The number of rotatable bonds is 2. The Morgan fingerprint density at radius 3 is 2.05 bits per heavy atom. The van der Waals surface area contributed by atoms with Crippen molar-refractivity contribution in [1.29, 1.82) is 0 Å². The van der Waals surface area contributed by atoms with E-state index in [9.17, 15) is 0 Å². The molecule has 0 unspecified atom stereocenters. The minimum absolute atomic E-state index is 0.0551. The molecular weight excluding hydrogens is 489 g/mol. The molecule has 0 atom stereocenters. The van der Waals surface area contributed by atoms with E-state index in [-0.39, 0.29) is 5.41 Å². The number of benzene rings is 4. The molecule has 0 bridgehead atoms. The van der Waals surface area contributed by atoms with Crippen LogP contribution in [0.2, 0.25) is 0 Å². The Hall–Kier alpha value is -3.14. The molecule has 0 saturated heterocycles. The molecule has 1 aliphatic carbocycles. The molecule has 3 heteroatoms. The maximum absolute atomic E-state index is 5.93. The summed E-state index contributed by atoms with van der Waals surface area (Å²) in [7, 11) is 0. The van der Waals surface area contributed by atoms with Crippen molar-refractivity contribution in [2.45, 2.75) is 59.6 Å². The summed E-state index contributed by atoms with van der Waals surface area (Å²) in [5.41, 5.74) is 9.93. The summed E-state index contributed by atoms with van der Waals surface area (Å²) < 4.78 is 5.93. The molecule has 7 rings (SSSR count). The van der Waals surface area contributed by atoms with Crippen molar-refractivity contribution in [3.05, 3.63) is 102 Å². The van der Waals surface area contributed by atoms with Crippen molar-refractivity contribution in [3.8, 4) is 22.3 Å². The molecule has 184 valence electrons. The maximum atomic E-state index is 5.93. The summed E-state index contributed by atoms with van der Waals surface area (Å²) in [6.07, 6.45) is 1.89. The zero-order valence-electron chi connectivity index (χ0n) is 21.9. The van der Waals surface area contributed by atoms with Crippen LogP contribution in [0.5, 0.6) is 0 Å². The number of hydrogen-bond donors (Lipinski definition) is 0. The largest absolute Gasteiger partial charge is 0.461 e. The molecule has 0 fully saturated rings. The highest BCUT2D eigenvalue weighted by Gasteiger charge is 2.37. The molecule has 1 aromatic heterocycles. The molecule has 0 N–H and O–H groups in total. The SMILES string of the molecule is C=Cc1c(C)oc2ccc(-c3ccc4c(c3)C(C)(C)c3cc5c(cc3-4)Sc3ccccc3S5)cc12.CC. The lowest BCUT2D eigenvalue weighted by molar-refractivity contribution is 0.577. The van der Waals surface area contributed by atoms with Crippen LogP contribution in [-0.4, -0.2) is 0 Å². The number of fused-ring (bicyclic) bond motifs is 6. The summed E-state index contributed by atoms with van der Waals surface area (Å²) in [6.45, 7) is 14.7. The first-order chi connectivity index (χ1) is 17.9. The lowest BCUT2D eigenvalue weighted by Crippen LogP contribution is -2.15. The first-order valence-electron chi connectivity index (χ1n) is 12.9. The van der Waals surface area contributed by atoms with Gasteiger partial charge in [-0.3, -0.25) is 0 Å². The monoisotopic (exact) mass is 518 g/mol. The molecule has 1 aliphatic heterocycles. The molecule has 2 heterocycles. The van der Waals surface area contributed by atoms with Gasteiger partial charge in [0, 0.05) is 35.9 Å². The predicted molar refractivity (Wildman–Crippen MR) is 160 cm³/mol. The molecule has 4 aromatic carbocycles. The predicted octanol–water partition coefficient (Wildman–Crippen LogP) is 11.0. The first kappa shape index (κ1) is 24.2. The average Bonchev–Trinajstić information content (AvgIpc) is 3.36. The van der Waals surface area contributed by atoms with Gasteiger partial charge in [-0.2, -0.15) is 0 Å². The van der Waals surface area contributed by atoms with E-state index in [1.54, 1.807) is 0 Å². The van der Waals surface area contributed by atoms with Crippen molar-refractivity contribution in [1.82, 2.24) is 0 Å². The highest BCUT2D eigenvalue weighted by atomic mass is 32.2. The van der Waals surface area contributed by atoms with Gasteiger partial charge in [0.1, 0.15) is 11.3 Å². The summed E-state index contributed by atoms with van der Waals surface area (Å²) in [5.74, 6) is 0.916. The molecule has 2 aliphatic rings. The second-order valence-corrected chi connectivity index (χ2v) is 12.0. The van der Waals surface area contributed by atoms with Crippen molar-refractivity contribution in [2.24, 2.45) is 0 Å². The fourth-order valence-electron chi connectivity index (χ4n) is 5.61. The Labute approximate surface area is 228 Å². The highest BCUT2D eigenvalue weighted by molar-refractivity contribution is 8.05. The van der Waals surface area contributed by atoms with Crippen LogP contribution in [0.3, 0.4) is 0 Å². The lowest BCUT2D eigenvalue weighted by Gasteiger charge is -2.24. The van der Waals surface area contributed by atoms with E-state index in [0.717, 1.165) is 22.3 Å². The van der Waals surface area contributed by atoms with Crippen molar-refractivity contribution in [2.75, 3.05) is 0 Å². The van der Waals surface area contributed by atoms with E-state index < -0.39 is 0 Å². The molecule has 1 nitrogen and oxygen atoms in total. The molecule has 0 radical (unpaired) electrons. The molecule has 0 amide bonds. The summed E-state index contributed by atoms with van der Waals surface area (Å²) in [5, 5.41) is 1.12. The Bertz CT molecular complexity index is 1700. The van der Waals surface area contributed by atoms with Crippen LogP contribution in [0, 0.1) is 6.92 Å². The van der Waals surface area contributed by atoms with Crippen LogP contribution < -0.4 is 0 Å². The Morgan fingerprint density at radius 1 is 0.730 bits per heavy atom. The Kier molecular flexibility index (Phi) is 5.89. The zero-order valence-corrected chi connectivity index (χ0v) is 23.6. The highest BCUT2D eigenvalue weighted by Crippen LogP contribution is 2.56. The summed E-state index contributed by atoms with van der Waals surface area (Å²) in [4.78, 5) is 5.43. The van der Waals surface area contributed by atoms with Gasteiger partial charge in [0.2, 0.25) is 0 Å². The number of hydrogen-bond acceptors (Lipinski definition) is 3. The third-order valence-electron chi connectivity index (χ3n) is 7.48. The van der Waals surface area contributed by atoms with Crippen LogP contribution in [0.15, 0.2) is 103 Å². The van der Waals surface area contributed by atoms with Gasteiger partial charge in [-0.25, -0.2) is 0 Å². The summed E-state index contributed by atoms with van der Waals surface area (Å²) >= 11 is 3.79. The fraction of sp³-hybridized carbons (Fsp3) is 0.176. The van der Waals surface area contributed by atoms with E-state index in [0.29, 0.717) is 0 Å². The van der Waals surface area contributed by atoms with Crippen molar-refractivity contribution >= 4 is 40.6 Å². The standard InChI is InChI=1S/C32H24OS2.C2H6/c1-5-21-18(2)33-27-13-11-19(14-24(21)27)20-10-12-22-23-16-30-31(17-26(23)32(3,4)25(22)15-20)35-29-9-7-6-8-28(29)34-30;1-2/h5-17H,1H2,2-4H3;1-2H3. The molecule has 0 saturated carbocycles. The number of aryl methyl sites for hydroxylation is 1. The first-order valence-corrected chi connectivity index (χ1v) is 14.5. The fourth-order valence-corrected chi connectivity index (χ4v) is 7.89. The summed E-state index contributed by atoms with van der Waals surface area (Å²) in [6, 6.07) is 27.0. The van der Waals surface area contributed by atoms with E-state index in [2.05, 4.69) is 93.2 Å². The number of furan rings is 1. The normalized spacial score (nSPS) is 14.2. The molecular formula is C34H30OS2. The van der Waals surface area contributed by atoms with Gasteiger partial charge in [0.25, 0.3) is 0 Å². The van der Waals surface area contributed by atoms with Crippen molar-refractivity contribution < 1.29 is 4.42 Å². The molecule has 0 spiro atoms. The van der Waals surface area contributed by atoms with E-state index in [1.165, 1.54) is 53.0 Å². The second kappa shape index (κ2) is 9.01. The van der Waals surface area contributed by atoms with Gasteiger partial charge < -0.3 is 4.42 Å². The zero-order chi connectivity index (χ0) is 25.9. The Balaban J connectivity index is 0.00000123. The van der Waals surface area contributed by atoms with E-state index in [4.69, 9.17) is 4.42 Å².